The summed E-state index contributed by atoms with van der Waals surface area (Å²) < 4.78 is 0. The van der Waals surface area contributed by atoms with Crippen LogP contribution in [0.2, 0.25) is 0 Å². The summed E-state index contributed by atoms with van der Waals surface area (Å²) in [6.45, 7) is 5.58. The number of anilines is 1. The number of alkyl halides is 1. The van der Waals surface area contributed by atoms with Gasteiger partial charge < -0.3 is 4.90 Å². The highest BCUT2D eigenvalue weighted by molar-refractivity contribution is 9.08. The highest BCUT2D eigenvalue weighted by Gasteiger charge is 2.21. The van der Waals surface area contributed by atoms with Gasteiger partial charge in [0, 0.05) is 23.6 Å². The topological polar surface area (TPSA) is 3.24 Å². The quantitative estimate of drug-likeness (QED) is 0.704. The molecule has 0 aromatic heterocycles. The molecule has 1 aliphatic rings. The normalized spacial score (nSPS) is 16.8. The van der Waals surface area contributed by atoms with Crippen LogP contribution < -0.4 is 4.90 Å². The minimum Gasteiger partial charge on any atom is -0.369 e. The molecule has 18 heavy (non-hydrogen) atoms. The van der Waals surface area contributed by atoms with Crippen LogP contribution in [-0.2, 0) is 5.33 Å². The molecule has 0 radical (unpaired) electrons. The predicted molar refractivity (Wildman–Crippen MR) is 83.7 cm³/mol. The maximum absolute atomic E-state index is 3.64. The molecule has 0 aliphatic heterocycles. The van der Waals surface area contributed by atoms with Crippen LogP contribution in [0, 0.1) is 6.92 Å². The fourth-order valence-corrected chi connectivity index (χ4v) is 3.57. The van der Waals surface area contributed by atoms with Crippen molar-refractivity contribution in [2.45, 2.75) is 57.3 Å². The lowest BCUT2D eigenvalue weighted by Gasteiger charge is -2.36. The molecule has 1 saturated carbocycles. The molecule has 0 N–H and O–H groups in total. The third kappa shape index (κ3) is 3.09. The van der Waals surface area contributed by atoms with Crippen molar-refractivity contribution in [1.82, 2.24) is 0 Å². The van der Waals surface area contributed by atoms with Gasteiger partial charge in [0.15, 0.2) is 0 Å². The summed E-state index contributed by atoms with van der Waals surface area (Å²) in [7, 11) is 0. The van der Waals surface area contributed by atoms with Crippen LogP contribution in [0.1, 0.15) is 50.2 Å². The summed E-state index contributed by atoms with van der Waals surface area (Å²) in [4.78, 5) is 2.62. The van der Waals surface area contributed by atoms with Crippen molar-refractivity contribution >= 4 is 21.6 Å². The van der Waals surface area contributed by atoms with E-state index >= 15 is 0 Å². The summed E-state index contributed by atoms with van der Waals surface area (Å²) in [5.74, 6) is 0. The lowest BCUT2D eigenvalue weighted by atomic mass is 9.93. The van der Waals surface area contributed by atoms with Crippen LogP contribution in [0.3, 0.4) is 0 Å². The lowest BCUT2D eigenvalue weighted by molar-refractivity contribution is 0.418. The Bertz CT molecular complexity index is 383. The minimum absolute atomic E-state index is 0.754. The molecule has 1 aromatic carbocycles. The van der Waals surface area contributed by atoms with Gasteiger partial charge in [0.25, 0.3) is 0 Å². The monoisotopic (exact) mass is 309 g/mol. The Balaban J connectivity index is 2.25. The van der Waals surface area contributed by atoms with E-state index in [0.717, 1.165) is 17.9 Å². The molecule has 0 heterocycles. The highest BCUT2D eigenvalue weighted by atomic mass is 79.9. The Kier molecular flexibility index (Phi) is 5.11. The van der Waals surface area contributed by atoms with Crippen molar-refractivity contribution in [2.24, 2.45) is 0 Å². The summed E-state index contributed by atoms with van der Waals surface area (Å²) >= 11 is 3.64. The predicted octanol–water partition coefficient (Wildman–Crippen LogP) is 5.05. The van der Waals surface area contributed by atoms with Crippen LogP contribution in [0.4, 0.5) is 5.69 Å². The van der Waals surface area contributed by atoms with Gasteiger partial charge in [0.1, 0.15) is 0 Å². The van der Waals surface area contributed by atoms with Gasteiger partial charge in [-0.15, -0.1) is 0 Å². The largest absolute Gasteiger partial charge is 0.369 e. The van der Waals surface area contributed by atoms with E-state index in [0.29, 0.717) is 0 Å². The molecule has 1 aromatic rings. The van der Waals surface area contributed by atoms with Gasteiger partial charge in [-0.25, -0.2) is 0 Å². The molecule has 1 aliphatic carbocycles. The zero-order chi connectivity index (χ0) is 13.0. The number of halogens is 1. The molecule has 0 spiro atoms. The molecule has 2 heteroatoms. The first kappa shape index (κ1) is 13.9. The van der Waals surface area contributed by atoms with Crippen molar-refractivity contribution in [3.05, 3.63) is 29.3 Å². The van der Waals surface area contributed by atoms with Crippen molar-refractivity contribution in [3.8, 4) is 0 Å². The molecular formula is C16H24BrN. The van der Waals surface area contributed by atoms with E-state index in [1.54, 1.807) is 0 Å². The Hall–Kier alpha value is -0.500. The maximum atomic E-state index is 3.64. The minimum atomic E-state index is 0.754. The number of benzene rings is 1. The zero-order valence-corrected chi connectivity index (χ0v) is 13.2. The smallest absolute Gasteiger partial charge is 0.0409 e. The zero-order valence-electron chi connectivity index (χ0n) is 11.6. The molecule has 0 bridgehead atoms. The molecule has 0 amide bonds. The fourth-order valence-electron chi connectivity index (χ4n) is 3.12. The van der Waals surface area contributed by atoms with Gasteiger partial charge in [-0.3, -0.25) is 0 Å². The average Bonchev–Trinajstić information content (AvgIpc) is 2.42. The van der Waals surface area contributed by atoms with Crippen molar-refractivity contribution in [1.29, 1.82) is 0 Å². The maximum Gasteiger partial charge on any atom is 0.0409 e. The summed E-state index contributed by atoms with van der Waals surface area (Å²) in [5.41, 5.74) is 4.22. The van der Waals surface area contributed by atoms with Gasteiger partial charge in [-0.1, -0.05) is 52.9 Å². The highest BCUT2D eigenvalue weighted by Crippen LogP contribution is 2.31. The van der Waals surface area contributed by atoms with Gasteiger partial charge in [0.2, 0.25) is 0 Å². The van der Waals surface area contributed by atoms with Crippen molar-refractivity contribution in [3.63, 3.8) is 0 Å². The van der Waals surface area contributed by atoms with Crippen LogP contribution in [-0.4, -0.2) is 12.6 Å². The Labute approximate surface area is 120 Å². The van der Waals surface area contributed by atoms with Crippen LogP contribution >= 0.6 is 15.9 Å². The Morgan fingerprint density at radius 2 is 1.94 bits per heavy atom. The molecule has 0 saturated heterocycles. The standard InChI is InChI=1S/C16H24BrN/c1-3-18(15-7-5-4-6-8-15)16-10-9-13(2)11-14(16)12-17/h9-11,15H,3-8,12H2,1-2H3. The molecule has 1 nitrogen and oxygen atoms in total. The Morgan fingerprint density at radius 3 is 2.56 bits per heavy atom. The van der Waals surface area contributed by atoms with Crippen molar-refractivity contribution < 1.29 is 0 Å². The summed E-state index contributed by atoms with van der Waals surface area (Å²) in [6, 6.07) is 7.62. The van der Waals surface area contributed by atoms with Crippen LogP contribution in [0.15, 0.2) is 18.2 Å². The molecule has 0 unspecified atom stereocenters. The number of aryl methyl sites for hydroxylation is 1. The summed E-state index contributed by atoms with van der Waals surface area (Å²) in [6.07, 6.45) is 6.95. The second-order valence-electron chi connectivity index (χ2n) is 5.34. The number of nitrogens with zero attached hydrogens (tertiary/aromatic N) is 1. The van der Waals surface area contributed by atoms with E-state index in [4.69, 9.17) is 0 Å². The van der Waals surface area contributed by atoms with Gasteiger partial charge in [-0.2, -0.15) is 0 Å². The first-order valence-corrected chi connectivity index (χ1v) is 8.30. The van der Waals surface area contributed by atoms with Crippen molar-refractivity contribution in [2.75, 3.05) is 11.4 Å². The number of rotatable bonds is 4. The first-order chi connectivity index (χ1) is 8.76. The second-order valence-corrected chi connectivity index (χ2v) is 5.90. The van der Waals surface area contributed by atoms with E-state index in [1.165, 1.54) is 48.9 Å². The van der Waals surface area contributed by atoms with Gasteiger partial charge in [-0.05, 0) is 38.3 Å². The first-order valence-electron chi connectivity index (χ1n) is 7.18. The molecule has 100 valence electrons. The van der Waals surface area contributed by atoms with E-state index in [1.807, 2.05) is 0 Å². The second kappa shape index (κ2) is 6.60. The molecular weight excluding hydrogens is 286 g/mol. The fraction of sp³-hybridized carbons (Fsp3) is 0.625. The molecule has 1 fully saturated rings. The number of hydrogen-bond donors (Lipinski definition) is 0. The molecule has 0 atom stereocenters. The Morgan fingerprint density at radius 1 is 1.22 bits per heavy atom. The van der Waals surface area contributed by atoms with E-state index in [2.05, 4.69) is 52.9 Å². The van der Waals surface area contributed by atoms with Crippen LogP contribution in [0.5, 0.6) is 0 Å². The van der Waals surface area contributed by atoms with Gasteiger partial charge in [0.05, 0.1) is 0 Å². The van der Waals surface area contributed by atoms with E-state index in [-0.39, 0.29) is 0 Å². The molecule has 2 rings (SSSR count). The number of hydrogen-bond acceptors (Lipinski definition) is 1. The lowest BCUT2D eigenvalue weighted by Crippen LogP contribution is -2.37. The average molecular weight is 310 g/mol. The SMILES string of the molecule is CCN(c1ccc(C)cc1CBr)C1CCCCC1. The third-order valence-electron chi connectivity index (χ3n) is 4.04. The van der Waals surface area contributed by atoms with Crippen LogP contribution in [0.25, 0.3) is 0 Å². The third-order valence-corrected chi connectivity index (χ3v) is 4.65. The summed E-state index contributed by atoms with van der Waals surface area (Å²) in [5, 5.41) is 0.952. The van der Waals surface area contributed by atoms with E-state index < -0.39 is 0 Å². The van der Waals surface area contributed by atoms with Gasteiger partial charge >= 0.3 is 0 Å². The van der Waals surface area contributed by atoms with E-state index in [9.17, 15) is 0 Å².